The molecule has 0 aromatic heterocycles. The minimum atomic E-state index is -2.74. The highest BCUT2D eigenvalue weighted by Gasteiger charge is 2.50. The molecule has 0 heterocycles. The summed E-state index contributed by atoms with van der Waals surface area (Å²) in [5.74, 6) is -0.562. The molecule has 0 saturated heterocycles. The third kappa shape index (κ3) is 7.89. The van der Waals surface area contributed by atoms with Crippen LogP contribution in [0.3, 0.4) is 0 Å². The van der Waals surface area contributed by atoms with Crippen molar-refractivity contribution in [3.63, 3.8) is 0 Å². The van der Waals surface area contributed by atoms with E-state index < -0.39 is 34.6 Å². The van der Waals surface area contributed by atoms with E-state index in [0.29, 0.717) is 13.0 Å². The van der Waals surface area contributed by atoms with Gasteiger partial charge >= 0.3 is 6.03 Å². The van der Waals surface area contributed by atoms with Crippen LogP contribution < -0.4 is 21.0 Å². The van der Waals surface area contributed by atoms with E-state index in [9.17, 15) is 9.59 Å². The van der Waals surface area contributed by atoms with Crippen LogP contribution in [0.5, 0.6) is 0 Å². The Labute approximate surface area is 254 Å². The first kappa shape index (κ1) is 33.5. The predicted octanol–water partition coefficient (Wildman–Crippen LogP) is 5.64. The summed E-state index contributed by atoms with van der Waals surface area (Å²) >= 11 is 0. The smallest absolute Gasteiger partial charge is 0.322 e. The Morgan fingerprint density at radius 1 is 0.905 bits per heavy atom. The lowest BCUT2D eigenvalue weighted by atomic mass is 10.2. The molecule has 0 bridgehead atoms. The summed E-state index contributed by atoms with van der Waals surface area (Å²) in [6.45, 7) is 18.2. The molecule has 2 aromatic rings. The molecule has 1 unspecified atom stereocenters. The lowest BCUT2D eigenvalue weighted by Crippen LogP contribution is -2.66. The lowest BCUT2D eigenvalue weighted by molar-refractivity contribution is -0.115. The number of carbonyl (C=O) groups is 2. The highest BCUT2D eigenvalue weighted by atomic mass is 28.4. The summed E-state index contributed by atoms with van der Waals surface area (Å²) in [7, 11) is -3.47. The van der Waals surface area contributed by atoms with Gasteiger partial charge in [-0.3, -0.25) is 10.1 Å². The van der Waals surface area contributed by atoms with Gasteiger partial charge in [-0.25, -0.2) is 4.79 Å². The van der Waals surface area contributed by atoms with Crippen molar-refractivity contribution in [1.82, 2.24) is 10.6 Å². The molecular formula is C33H48N2O5Si2. The third-order valence-corrected chi connectivity index (χ3v) is 17.8. The first-order valence-corrected chi connectivity index (χ1v) is 19.4. The molecule has 0 aliphatic heterocycles. The molecular weight excluding hydrogens is 561 g/mol. The molecule has 7 nitrogen and oxygen atoms in total. The number of hydrogen-bond acceptors (Lipinski definition) is 5. The molecule has 0 radical (unpaired) electrons. The quantitative estimate of drug-likeness (QED) is 0.158. The summed E-state index contributed by atoms with van der Waals surface area (Å²) in [5, 5.41) is 7.57. The highest BCUT2D eigenvalue weighted by Crippen LogP contribution is 2.40. The zero-order chi connectivity index (χ0) is 31.2. The van der Waals surface area contributed by atoms with Gasteiger partial charge in [0.2, 0.25) is 0 Å². The van der Waals surface area contributed by atoms with E-state index in [1.165, 1.54) is 23.7 Å². The fourth-order valence-electron chi connectivity index (χ4n) is 5.16. The van der Waals surface area contributed by atoms with E-state index in [4.69, 9.17) is 13.6 Å². The second-order valence-corrected chi connectivity index (χ2v) is 22.5. The number of carbonyl (C=O) groups excluding carboxylic acids is 2. The van der Waals surface area contributed by atoms with Gasteiger partial charge in [0.1, 0.15) is 0 Å². The maximum atomic E-state index is 12.8. The normalized spacial score (nSPS) is 18.1. The van der Waals surface area contributed by atoms with Crippen LogP contribution in [-0.2, 0) is 18.4 Å². The number of rotatable bonds is 10. The fourth-order valence-corrected chi connectivity index (χ4v) is 11.1. The number of ether oxygens (including phenoxy) is 1. The molecule has 0 fully saturated rings. The van der Waals surface area contributed by atoms with Crippen molar-refractivity contribution in [2.24, 2.45) is 0 Å². The molecule has 2 N–H and O–H groups in total. The summed E-state index contributed by atoms with van der Waals surface area (Å²) in [5.41, 5.74) is 1.07. The number of urea groups is 1. The average molecular weight is 609 g/mol. The topological polar surface area (TPSA) is 85.9 Å². The van der Waals surface area contributed by atoms with Crippen LogP contribution in [0.1, 0.15) is 48.0 Å². The van der Waals surface area contributed by atoms with Crippen LogP contribution in [0, 0.1) is 0 Å². The van der Waals surface area contributed by atoms with E-state index in [1.54, 1.807) is 0 Å². The third-order valence-electron chi connectivity index (χ3n) is 8.31. The maximum Gasteiger partial charge on any atom is 0.322 e. The van der Waals surface area contributed by atoms with Crippen molar-refractivity contribution in [2.45, 2.75) is 83.3 Å². The Bertz CT molecular complexity index is 1230. The van der Waals surface area contributed by atoms with Crippen molar-refractivity contribution >= 4 is 38.9 Å². The summed E-state index contributed by atoms with van der Waals surface area (Å²) in [4.78, 5) is 24.9. The number of imide groups is 1. The molecule has 1 aliphatic rings. The summed E-state index contributed by atoms with van der Waals surface area (Å²) in [6, 6.07) is 20.1. The van der Waals surface area contributed by atoms with Crippen molar-refractivity contribution < 1.29 is 23.2 Å². The molecule has 2 atom stereocenters. The average Bonchev–Trinajstić information content (AvgIpc) is 3.27. The largest absolute Gasteiger partial charge is 0.504 e. The molecule has 228 valence electrons. The fraction of sp³-hybridized carbons (Fsp3) is 0.455. The molecule has 3 amide bonds. The maximum absolute atomic E-state index is 12.8. The predicted molar refractivity (Wildman–Crippen MR) is 175 cm³/mol. The van der Waals surface area contributed by atoms with E-state index in [2.05, 4.69) is 114 Å². The van der Waals surface area contributed by atoms with E-state index in [-0.39, 0.29) is 16.2 Å². The van der Waals surface area contributed by atoms with Crippen LogP contribution in [0.2, 0.25) is 23.2 Å². The monoisotopic (exact) mass is 608 g/mol. The first-order valence-electron chi connectivity index (χ1n) is 14.5. The number of hydrogen-bond donors (Lipinski definition) is 2. The highest BCUT2D eigenvalue weighted by molar-refractivity contribution is 6.99. The van der Waals surface area contributed by atoms with E-state index in [1.807, 2.05) is 18.2 Å². The Hall–Kier alpha value is -2.99. The Kier molecular flexibility index (Phi) is 10.8. The van der Waals surface area contributed by atoms with Gasteiger partial charge in [-0.2, -0.15) is 0 Å². The summed E-state index contributed by atoms with van der Waals surface area (Å²) in [6.07, 6.45) is 4.80. The van der Waals surface area contributed by atoms with Gasteiger partial charge in [0.25, 0.3) is 14.2 Å². The van der Waals surface area contributed by atoms with Crippen molar-refractivity contribution in [1.29, 1.82) is 0 Å². The Morgan fingerprint density at radius 2 is 1.45 bits per heavy atom. The standard InChI is InChI=1S/C33H48N2O5Si2/c1-32(2,3)41(8,9)40-29-23-25(22-28(29)34-31(37)35-30(36)20-21-38-7)24-39-42(33(4,5)6,26-16-12-10-13-17-26)27-18-14-11-15-19-27/h10-22,28-29H,23-24H2,1-9H3,(H2,34,35,36,37)/t28-,29?/m1/s1. The first-order chi connectivity index (χ1) is 19.6. The van der Waals surface area contributed by atoms with E-state index >= 15 is 0 Å². The van der Waals surface area contributed by atoms with Crippen molar-refractivity contribution in [3.05, 3.63) is 84.7 Å². The number of amides is 3. The van der Waals surface area contributed by atoms with Gasteiger partial charge in [-0.05, 0) is 45.5 Å². The number of benzene rings is 2. The van der Waals surface area contributed by atoms with Crippen LogP contribution in [-0.4, -0.2) is 54.4 Å². The van der Waals surface area contributed by atoms with Crippen LogP contribution >= 0.6 is 0 Å². The van der Waals surface area contributed by atoms with Gasteiger partial charge in [-0.15, -0.1) is 0 Å². The lowest BCUT2D eigenvalue weighted by Gasteiger charge is -2.43. The van der Waals surface area contributed by atoms with E-state index in [0.717, 1.165) is 11.6 Å². The Morgan fingerprint density at radius 3 is 1.93 bits per heavy atom. The van der Waals surface area contributed by atoms with Crippen LogP contribution in [0.4, 0.5) is 4.79 Å². The molecule has 0 saturated carbocycles. The minimum absolute atomic E-state index is 0.00506. The summed E-state index contributed by atoms with van der Waals surface area (Å²) < 4.78 is 18.8. The molecule has 9 heteroatoms. The van der Waals surface area contributed by atoms with Gasteiger partial charge in [-0.1, -0.05) is 108 Å². The second kappa shape index (κ2) is 13.5. The molecule has 3 rings (SSSR count). The van der Waals surface area contributed by atoms with Gasteiger partial charge in [0, 0.05) is 6.08 Å². The van der Waals surface area contributed by atoms with Gasteiger partial charge in [0.15, 0.2) is 8.32 Å². The SMILES string of the molecule is COC=CC(=O)NC(=O)N[C@@H]1C=C(CO[Si](c2ccccc2)(c2ccccc2)C(C)(C)C)CC1O[Si](C)(C)C(C)(C)C. The van der Waals surface area contributed by atoms with Gasteiger partial charge in [0.05, 0.1) is 32.1 Å². The van der Waals surface area contributed by atoms with Crippen molar-refractivity contribution in [2.75, 3.05) is 13.7 Å². The minimum Gasteiger partial charge on any atom is -0.504 e. The van der Waals surface area contributed by atoms with Crippen LogP contribution in [0.25, 0.3) is 0 Å². The Balaban J connectivity index is 1.93. The zero-order valence-electron chi connectivity index (χ0n) is 26.6. The second-order valence-electron chi connectivity index (χ2n) is 13.4. The molecule has 0 spiro atoms. The van der Waals surface area contributed by atoms with Crippen molar-refractivity contribution in [3.8, 4) is 0 Å². The van der Waals surface area contributed by atoms with Gasteiger partial charge < -0.3 is 18.9 Å². The van der Waals surface area contributed by atoms with Crippen LogP contribution in [0.15, 0.2) is 84.7 Å². The molecule has 42 heavy (non-hydrogen) atoms. The molecule has 1 aliphatic carbocycles. The number of nitrogens with one attached hydrogen (secondary N) is 2. The molecule has 2 aromatic carbocycles. The zero-order valence-corrected chi connectivity index (χ0v) is 28.6. The number of methoxy groups -OCH3 is 1.